The van der Waals surface area contributed by atoms with E-state index in [1.807, 2.05) is 0 Å². The second kappa shape index (κ2) is 9.38. The van der Waals surface area contributed by atoms with Crippen LogP contribution in [0.4, 0.5) is 0 Å². The highest BCUT2D eigenvalue weighted by Crippen LogP contribution is 2.16. The van der Waals surface area contributed by atoms with E-state index < -0.39 is 5.91 Å². The molecule has 8 heteroatoms. The molecule has 0 bridgehead atoms. The Balaban J connectivity index is 1.82. The van der Waals surface area contributed by atoms with Gasteiger partial charge in [0.15, 0.2) is 5.11 Å². The van der Waals surface area contributed by atoms with Gasteiger partial charge < -0.3 is 14.8 Å². The molecule has 0 saturated heterocycles. The molecule has 0 aliphatic heterocycles. The number of nitrogens with one attached hydrogen (secondary N) is 3. The third-order valence-corrected chi connectivity index (χ3v) is 3.62. The molecule has 0 fully saturated rings. The minimum absolute atomic E-state index is 0.00763. The minimum Gasteiger partial charge on any atom is -0.497 e. The van der Waals surface area contributed by atoms with E-state index in [1.54, 1.807) is 55.6 Å². The Morgan fingerprint density at radius 2 is 1.65 bits per heavy atom. The molecule has 2 aromatic carbocycles. The summed E-state index contributed by atoms with van der Waals surface area (Å²) in [6.45, 7) is 0. The predicted octanol–water partition coefficient (Wildman–Crippen LogP) is 1.58. The number of hydrogen-bond donors (Lipinski definition) is 3. The van der Waals surface area contributed by atoms with Crippen LogP contribution in [0.15, 0.2) is 48.5 Å². The van der Waals surface area contributed by atoms with Crippen LogP contribution in [-0.2, 0) is 11.2 Å². The molecule has 0 unspecified atom stereocenters. The summed E-state index contributed by atoms with van der Waals surface area (Å²) in [5.74, 6) is 0.403. The summed E-state index contributed by atoms with van der Waals surface area (Å²) >= 11 is 5.01. The number of methoxy groups -OCH3 is 2. The van der Waals surface area contributed by atoms with Crippen LogP contribution in [0.25, 0.3) is 0 Å². The van der Waals surface area contributed by atoms with E-state index in [-0.39, 0.29) is 17.4 Å². The predicted molar refractivity (Wildman–Crippen MR) is 101 cm³/mol. The number of carbonyl (C=O) groups is 2. The van der Waals surface area contributed by atoms with Gasteiger partial charge in [0.05, 0.1) is 26.2 Å². The van der Waals surface area contributed by atoms with Gasteiger partial charge in [-0.1, -0.05) is 24.3 Å². The third-order valence-electron chi connectivity index (χ3n) is 3.42. The van der Waals surface area contributed by atoms with Gasteiger partial charge in [-0.3, -0.25) is 20.4 Å². The standard InChI is InChI=1S/C18H19N3O4S/c1-24-13-9-7-12(8-10-13)11-16(22)19-18(26)21-20-17(23)14-5-3-4-6-15(14)25-2/h3-10H,11H2,1-2H3,(H,20,23)(H2,19,21,22,26). The zero-order chi connectivity index (χ0) is 18.9. The van der Waals surface area contributed by atoms with Crippen molar-refractivity contribution in [2.45, 2.75) is 6.42 Å². The van der Waals surface area contributed by atoms with Crippen molar-refractivity contribution in [3.63, 3.8) is 0 Å². The van der Waals surface area contributed by atoms with Crippen LogP contribution in [0.3, 0.4) is 0 Å². The SMILES string of the molecule is COc1ccc(CC(=O)NC(=S)NNC(=O)c2ccccc2OC)cc1. The van der Waals surface area contributed by atoms with Gasteiger partial charge in [0.25, 0.3) is 5.91 Å². The van der Waals surface area contributed by atoms with E-state index in [1.165, 1.54) is 7.11 Å². The van der Waals surface area contributed by atoms with Crippen LogP contribution in [0, 0.1) is 0 Å². The highest BCUT2D eigenvalue weighted by molar-refractivity contribution is 7.80. The molecule has 0 aliphatic carbocycles. The van der Waals surface area contributed by atoms with Crippen molar-refractivity contribution in [2.24, 2.45) is 0 Å². The highest BCUT2D eigenvalue weighted by Gasteiger charge is 2.12. The van der Waals surface area contributed by atoms with E-state index in [0.29, 0.717) is 17.1 Å². The number of thiocarbonyl (C=S) groups is 1. The lowest BCUT2D eigenvalue weighted by molar-refractivity contribution is -0.119. The number of ether oxygens (including phenoxy) is 2. The molecule has 7 nitrogen and oxygen atoms in total. The second-order valence-corrected chi connectivity index (χ2v) is 5.59. The van der Waals surface area contributed by atoms with Crippen LogP contribution in [0.2, 0.25) is 0 Å². The van der Waals surface area contributed by atoms with Gasteiger partial charge in [0, 0.05) is 0 Å². The Hall–Kier alpha value is -3.13. The van der Waals surface area contributed by atoms with E-state index in [4.69, 9.17) is 21.7 Å². The molecule has 2 aromatic rings. The summed E-state index contributed by atoms with van der Waals surface area (Å²) < 4.78 is 10.2. The van der Waals surface area contributed by atoms with Crippen LogP contribution >= 0.6 is 12.2 Å². The second-order valence-electron chi connectivity index (χ2n) is 5.18. The maximum Gasteiger partial charge on any atom is 0.273 e. The van der Waals surface area contributed by atoms with Gasteiger partial charge in [-0.05, 0) is 42.0 Å². The fourth-order valence-electron chi connectivity index (χ4n) is 2.14. The van der Waals surface area contributed by atoms with E-state index in [0.717, 1.165) is 5.56 Å². The van der Waals surface area contributed by atoms with Crippen LogP contribution in [0.5, 0.6) is 11.5 Å². The number of para-hydroxylation sites is 1. The molecule has 136 valence electrons. The summed E-state index contributed by atoms with van der Waals surface area (Å²) in [7, 11) is 3.05. The monoisotopic (exact) mass is 373 g/mol. The normalized spacial score (nSPS) is 9.77. The van der Waals surface area contributed by atoms with Crippen molar-refractivity contribution in [1.82, 2.24) is 16.2 Å². The largest absolute Gasteiger partial charge is 0.497 e. The van der Waals surface area contributed by atoms with Crippen molar-refractivity contribution < 1.29 is 19.1 Å². The van der Waals surface area contributed by atoms with Crippen molar-refractivity contribution >= 4 is 29.1 Å². The lowest BCUT2D eigenvalue weighted by Crippen LogP contribution is -2.48. The molecule has 3 N–H and O–H groups in total. The quantitative estimate of drug-likeness (QED) is 0.545. The topological polar surface area (TPSA) is 88.7 Å². The number of hydrogen-bond acceptors (Lipinski definition) is 5. The molecule has 26 heavy (non-hydrogen) atoms. The molecule has 2 rings (SSSR count). The molecule has 2 amide bonds. The lowest BCUT2D eigenvalue weighted by Gasteiger charge is -2.12. The first-order valence-electron chi connectivity index (χ1n) is 7.69. The van der Waals surface area contributed by atoms with Crippen molar-refractivity contribution in [2.75, 3.05) is 14.2 Å². The molecule has 0 heterocycles. The fourth-order valence-corrected chi connectivity index (χ4v) is 2.31. The summed E-state index contributed by atoms with van der Waals surface area (Å²) in [5, 5.41) is 2.49. The van der Waals surface area contributed by atoms with Gasteiger partial charge in [0.1, 0.15) is 11.5 Å². The zero-order valence-corrected chi connectivity index (χ0v) is 15.2. The summed E-state index contributed by atoms with van der Waals surface area (Å²) in [6.07, 6.45) is 0.145. The molecule has 0 saturated carbocycles. The first kappa shape index (κ1) is 19.2. The molecular weight excluding hydrogens is 354 g/mol. The maximum absolute atomic E-state index is 12.1. The first-order valence-corrected chi connectivity index (χ1v) is 8.10. The van der Waals surface area contributed by atoms with Gasteiger partial charge in [-0.2, -0.15) is 0 Å². The lowest BCUT2D eigenvalue weighted by atomic mass is 10.1. The number of hydrazine groups is 1. The summed E-state index contributed by atoms with van der Waals surface area (Å²) in [4.78, 5) is 24.1. The van der Waals surface area contributed by atoms with Crippen LogP contribution in [-0.4, -0.2) is 31.1 Å². The van der Waals surface area contributed by atoms with E-state index >= 15 is 0 Å². The molecule has 0 atom stereocenters. The van der Waals surface area contributed by atoms with Gasteiger partial charge in [-0.15, -0.1) is 0 Å². The number of benzene rings is 2. The average Bonchev–Trinajstić information content (AvgIpc) is 2.66. The van der Waals surface area contributed by atoms with Crippen molar-refractivity contribution in [1.29, 1.82) is 0 Å². The van der Waals surface area contributed by atoms with Gasteiger partial charge >= 0.3 is 0 Å². The fraction of sp³-hybridized carbons (Fsp3) is 0.167. The minimum atomic E-state index is -0.436. The molecule has 0 spiro atoms. The Kier molecular flexibility index (Phi) is 6.92. The van der Waals surface area contributed by atoms with Crippen LogP contribution < -0.4 is 25.6 Å². The smallest absolute Gasteiger partial charge is 0.273 e. The summed E-state index contributed by atoms with van der Waals surface area (Å²) in [6, 6.07) is 13.9. The van der Waals surface area contributed by atoms with Crippen molar-refractivity contribution in [3.05, 3.63) is 59.7 Å². The molecule has 0 aliphatic rings. The number of carbonyl (C=O) groups excluding carboxylic acids is 2. The number of rotatable bonds is 5. The Labute approximate surface area is 156 Å². The Morgan fingerprint density at radius 1 is 0.962 bits per heavy atom. The maximum atomic E-state index is 12.1. The van der Waals surface area contributed by atoms with Crippen LogP contribution in [0.1, 0.15) is 15.9 Å². The zero-order valence-electron chi connectivity index (χ0n) is 14.4. The summed E-state index contributed by atoms with van der Waals surface area (Å²) in [5.41, 5.74) is 6.06. The van der Waals surface area contributed by atoms with E-state index in [2.05, 4.69) is 16.2 Å². The first-order chi connectivity index (χ1) is 12.5. The average molecular weight is 373 g/mol. The van der Waals surface area contributed by atoms with Gasteiger partial charge in [-0.25, -0.2) is 0 Å². The van der Waals surface area contributed by atoms with Gasteiger partial charge in [0.2, 0.25) is 5.91 Å². The molecule has 0 aromatic heterocycles. The van der Waals surface area contributed by atoms with Crippen molar-refractivity contribution in [3.8, 4) is 11.5 Å². The van der Waals surface area contributed by atoms with E-state index in [9.17, 15) is 9.59 Å². The Bertz CT molecular complexity index is 793. The molecule has 0 radical (unpaired) electrons. The number of amides is 2. The Morgan fingerprint density at radius 3 is 2.31 bits per heavy atom. The highest BCUT2D eigenvalue weighted by atomic mass is 32.1. The molecular formula is C18H19N3O4S. The third kappa shape index (κ3) is 5.45.